The fraction of sp³-hybridized carbons (Fsp3) is 0.0714. The van der Waals surface area contributed by atoms with Gasteiger partial charge < -0.3 is 4.98 Å². The minimum absolute atomic E-state index is 0.716. The lowest BCUT2D eigenvalue weighted by Gasteiger charge is -2.06. The van der Waals surface area contributed by atoms with Gasteiger partial charge in [0.25, 0.3) is 0 Å². The highest BCUT2D eigenvalue weighted by Crippen LogP contribution is 2.23. The number of aromatic nitrogens is 2. The summed E-state index contributed by atoms with van der Waals surface area (Å²) in [4.78, 5) is 3.23. The number of aromatic amines is 1. The van der Waals surface area contributed by atoms with Crippen molar-refractivity contribution >= 4 is 39.2 Å². The summed E-state index contributed by atoms with van der Waals surface area (Å²) < 4.78 is 3.83. The SMILES string of the molecule is Cc1cc(Br)cc(-n2c(=S)[nH]c3ccccc32)c1. The molecule has 3 aromatic rings. The molecule has 0 spiro atoms. The largest absolute Gasteiger partial charge is 0.330 e. The zero-order valence-corrected chi connectivity index (χ0v) is 12.2. The molecular formula is C14H11BrN2S. The molecule has 0 aliphatic rings. The van der Waals surface area contributed by atoms with E-state index in [1.807, 2.05) is 18.2 Å². The third-order valence-electron chi connectivity index (χ3n) is 2.87. The van der Waals surface area contributed by atoms with Crippen LogP contribution < -0.4 is 0 Å². The molecule has 18 heavy (non-hydrogen) atoms. The summed E-state index contributed by atoms with van der Waals surface area (Å²) in [7, 11) is 0. The van der Waals surface area contributed by atoms with E-state index in [1.54, 1.807) is 0 Å². The van der Waals surface area contributed by atoms with Crippen LogP contribution in [0.1, 0.15) is 5.56 Å². The first-order chi connectivity index (χ1) is 8.65. The smallest absolute Gasteiger partial charge is 0.182 e. The zero-order valence-electron chi connectivity index (χ0n) is 9.77. The number of rotatable bonds is 1. The van der Waals surface area contributed by atoms with Crippen LogP contribution in [-0.4, -0.2) is 9.55 Å². The number of aryl methyl sites for hydroxylation is 1. The molecule has 0 radical (unpaired) electrons. The van der Waals surface area contributed by atoms with Crippen LogP contribution in [0.3, 0.4) is 0 Å². The molecule has 0 unspecified atom stereocenters. The Balaban J connectivity index is 2.37. The number of hydrogen-bond donors (Lipinski definition) is 1. The second kappa shape index (κ2) is 4.37. The van der Waals surface area contributed by atoms with Crippen LogP contribution in [0, 0.1) is 11.7 Å². The van der Waals surface area contributed by atoms with Crippen LogP contribution in [-0.2, 0) is 0 Å². The number of imidazole rings is 1. The molecule has 90 valence electrons. The molecular weight excluding hydrogens is 308 g/mol. The van der Waals surface area contributed by atoms with E-state index < -0.39 is 0 Å². The summed E-state index contributed by atoms with van der Waals surface area (Å²) in [6, 6.07) is 14.4. The highest BCUT2D eigenvalue weighted by Gasteiger charge is 2.06. The minimum atomic E-state index is 0.716. The Morgan fingerprint density at radius 2 is 1.94 bits per heavy atom. The highest BCUT2D eigenvalue weighted by molar-refractivity contribution is 9.10. The summed E-state index contributed by atoms with van der Waals surface area (Å²) >= 11 is 8.94. The van der Waals surface area contributed by atoms with Gasteiger partial charge in [0, 0.05) is 10.2 Å². The maximum atomic E-state index is 5.41. The molecule has 1 N–H and O–H groups in total. The zero-order chi connectivity index (χ0) is 12.7. The maximum Gasteiger partial charge on any atom is 0.182 e. The van der Waals surface area contributed by atoms with E-state index in [0.717, 1.165) is 21.2 Å². The third-order valence-corrected chi connectivity index (χ3v) is 3.62. The first kappa shape index (κ1) is 11.7. The number of halogens is 1. The van der Waals surface area contributed by atoms with Crippen LogP contribution in [0.4, 0.5) is 0 Å². The van der Waals surface area contributed by atoms with E-state index in [0.29, 0.717) is 4.77 Å². The summed E-state index contributed by atoms with van der Waals surface area (Å²) in [5.74, 6) is 0. The average molecular weight is 319 g/mol. The maximum absolute atomic E-state index is 5.41. The van der Waals surface area contributed by atoms with Gasteiger partial charge in [-0.25, -0.2) is 0 Å². The monoisotopic (exact) mass is 318 g/mol. The summed E-state index contributed by atoms with van der Waals surface area (Å²) in [6.07, 6.45) is 0. The Kier molecular flexibility index (Phi) is 2.84. The molecule has 3 rings (SSSR count). The molecule has 1 heterocycles. The number of nitrogens with zero attached hydrogens (tertiary/aromatic N) is 1. The molecule has 4 heteroatoms. The van der Waals surface area contributed by atoms with Gasteiger partial charge in [0.1, 0.15) is 0 Å². The lowest BCUT2D eigenvalue weighted by molar-refractivity contribution is 1.06. The van der Waals surface area contributed by atoms with Crippen molar-refractivity contribution in [1.29, 1.82) is 0 Å². The average Bonchev–Trinajstić information content (AvgIpc) is 2.63. The third kappa shape index (κ3) is 1.91. The van der Waals surface area contributed by atoms with Gasteiger partial charge in [-0.3, -0.25) is 4.57 Å². The Morgan fingerprint density at radius 3 is 2.72 bits per heavy atom. The number of para-hydroxylation sites is 2. The molecule has 0 aliphatic carbocycles. The predicted octanol–water partition coefficient (Wildman–Crippen LogP) is 4.76. The van der Waals surface area contributed by atoms with Gasteiger partial charge in [0.05, 0.1) is 11.0 Å². The van der Waals surface area contributed by atoms with Gasteiger partial charge >= 0.3 is 0 Å². The van der Waals surface area contributed by atoms with Gasteiger partial charge in [-0.1, -0.05) is 28.1 Å². The van der Waals surface area contributed by atoms with Gasteiger partial charge in [0.15, 0.2) is 4.77 Å². The predicted molar refractivity (Wildman–Crippen MR) is 80.9 cm³/mol. The number of hydrogen-bond acceptors (Lipinski definition) is 1. The van der Waals surface area contributed by atoms with Gasteiger partial charge in [-0.05, 0) is 55.0 Å². The Hall–Kier alpha value is -1.39. The number of H-pyrrole nitrogens is 1. The standard InChI is InChI=1S/C14H11BrN2S/c1-9-6-10(15)8-11(7-9)17-13-5-3-2-4-12(13)16-14(17)18/h2-8H,1H3,(H,16,18). The van der Waals surface area contributed by atoms with Crippen LogP contribution in [0.25, 0.3) is 16.7 Å². The second-order valence-corrected chi connectivity index (χ2v) is 5.57. The summed E-state index contributed by atoms with van der Waals surface area (Å²) in [6.45, 7) is 2.08. The van der Waals surface area contributed by atoms with Crippen molar-refractivity contribution in [3.05, 3.63) is 57.3 Å². The van der Waals surface area contributed by atoms with Crippen molar-refractivity contribution in [3.8, 4) is 5.69 Å². The second-order valence-electron chi connectivity index (χ2n) is 4.27. The van der Waals surface area contributed by atoms with Gasteiger partial charge in [0.2, 0.25) is 0 Å². The summed E-state index contributed by atoms with van der Waals surface area (Å²) in [5.41, 5.74) is 4.43. The molecule has 2 aromatic carbocycles. The molecule has 0 bridgehead atoms. The topological polar surface area (TPSA) is 20.7 Å². The Bertz CT molecular complexity index is 766. The van der Waals surface area contributed by atoms with Crippen molar-refractivity contribution in [3.63, 3.8) is 0 Å². The van der Waals surface area contributed by atoms with Crippen molar-refractivity contribution in [2.24, 2.45) is 0 Å². The number of benzene rings is 2. The highest BCUT2D eigenvalue weighted by atomic mass is 79.9. The molecule has 0 amide bonds. The lowest BCUT2D eigenvalue weighted by atomic mass is 10.2. The van der Waals surface area contributed by atoms with Crippen LogP contribution >= 0.6 is 28.1 Å². The van der Waals surface area contributed by atoms with Crippen molar-refractivity contribution in [1.82, 2.24) is 9.55 Å². The van der Waals surface area contributed by atoms with Crippen LogP contribution in [0.2, 0.25) is 0 Å². The summed E-state index contributed by atoms with van der Waals surface area (Å²) in [5, 5.41) is 0. The van der Waals surface area contributed by atoms with Crippen molar-refractivity contribution in [2.75, 3.05) is 0 Å². The quantitative estimate of drug-likeness (QED) is 0.641. The van der Waals surface area contributed by atoms with Gasteiger partial charge in [-0.15, -0.1) is 0 Å². The van der Waals surface area contributed by atoms with E-state index in [1.165, 1.54) is 5.56 Å². The van der Waals surface area contributed by atoms with E-state index >= 15 is 0 Å². The molecule has 0 fully saturated rings. The molecule has 0 atom stereocenters. The van der Waals surface area contributed by atoms with Gasteiger partial charge in [-0.2, -0.15) is 0 Å². The fourth-order valence-corrected chi connectivity index (χ4v) is 3.07. The first-order valence-electron chi connectivity index (χ1n) is 5.62. The van der Waals surface area contributed by atoms with Crippen LogP contribution in [0.5, 0.6) is 0 Å². The molecule has 0 saturated heterocycles. The lowest BCUT2D eigenvalue weighted by Crippen LogP contribution is -1.94. The van der Waals surface area contributed by atoms with E-state index in [-0.39, 0.29) is 0 Å². The Labute approximate surface area is 118 Å². The molecule has 2 nitrogen and oxygen atoms in total. The minimum Gasteiger partial charge on any atom is -0.330 e. The molecule has 0 aliphatic heterocycles. The molecule has 0 saturated carbocycles. The first-order valence-corrected chi connectivity index (χ1v) is 6.82. The van der Waals surface area contributed by atoms with E-state index in [2.05, 4.69) is 56.7 Å². The number of fused-ring (bicyclic) bond motifs is 1. The van der Waals surface area contributed by atoms with Crippen molar-refractivity contribution in [2.45, 2.75) is 6.92 Å². The van der Waals surface area contributed by atoms with E-state index in [4.69, 9.17) is 12.2 Å². The van der Waals surface area contributed by atoms with E-state index in [9.17, 15) is 0 Å². The Morgan fingerprint density at radius 1 is 1.17 bits per heavy atom. The normalized spacial score (nSPS) is 11.0. The van der Waals surface area contributed by atoms with Crippen LogP contribution in [0.15, 0.2) is 46.9 Å². The fourth-order valence-electron chi connectivity index (χ4n) is 2.16. The molecule has 1 aromatic heterocycles. The van der Waals surface area contributed by atoms with Crippen molar-refractivity contribution < 1.29 is 0 Å². The number of nitrogens with one attached hydrogen (secondary N) is 1.